The topological polar surface area (TPSA) is 199 Å². The van der Waals surface area contributed by atoms with E-state index in [0.717, 1.165) is 33.4 Å². The first-order chi connectivity index (χ1) is 27.0. The molecule has 6 aromatic carbocycles. The van der Waals surface area contributed by atoms with Gasteiger partial charge in [-0.15, -0.1) is 0 Å². The van der Waals surface area contributed by atoms with Crippen LogP contribution in [-0.2, 0) is 0 Å². The van der Waals surface area contributed by atoms with Gasteiger partial charge in [-0.3, -0.25) is 0 Å². The van der Waals surface area contributed by atoms with Gasteiger partial charge in [-0.05, 0) is 130 Å². The lowest BCUT2D eigenvalue weighted by Gasteiger charge is -2.01. The van der Waals surface area contributed by atoms with E-state index in [1.165, 1.54) is 0 Å². The van der Waals surface area contributed by atoms with Gasteiger partial charge in [0.2, 0.25) is 0 Å². The molecule has 2 aromatic heterocycles. The normalized spacial score (nSPS) is 9.64. The molecule has 0 aliphatic carbocycles. The van der Waals surface area contributed by atoms with Crippen molar-refractivity contribution in [2.24, 2.45) is 0 Å². The summed E-state index contributed by atoms with van der Waals surface area (Å²) in [4.78, 5) is 7.51. The number of hydrogen-bond donors (Lipinski definition) is 8. The van der Waals surface area contributed by atoms with Crippen LogP contribution in [0.5, 0.6) is 34.5 Å². The van der Waals surface area contributed by atoms with E-state index in [9.17, 15) is 0 Å². The quantitative estimate of drug-likeness (QED) is 0.0861. The van der Waals surface area contributed by atoms with Crippen molar-refractivity contribution >= 4 is 11.6 Å². The van der Waals surface area contributed by atoms with Crippen molar-refractivity contribution in [3.05, 3.63) is 194 Å². The standard InChI is InChI=1S/3C12H10O2.2C5H6N2/c3*13-11-5-1-9(2-6-11)10-3-7-12(14)8-4-10;2*6-5-3-1-2-4-7-5/h3*1-8,13-14H;2*1-4H,(H2,6,7). The van der Waals surface area contributed by atoms with Crippen LogP contribution in [0.4, 0.5) is 11.6 Å². The van der Waals surface area contributed by atoms with E-state index < -0.39 is 0 Å². The molecular formula is C46H42N4O6. The molecule has 8 rings (SSSR count). The first kappa shape index (κ1) is 40.8. The molecule has 56 heavy (non-hydrogen) atoms. The zero-order valence-electron chi connectivity index (χ0n) is 30.2. The van der Waals surface area contributed by atoms with Gasteiger partial charge >= 0.3 is 0 Å². The molecule has 0 aliphatic rings. The van der Waals surface area contributed by atoms with Gasteiger partial charge in [0.1, 0.15) is 46.1 Å². The summed E-state index contributed by atoms with van der Waals surface area (Å²) < 4.78 is 0. The van der Waals surface area contributed by atoms with Crippen molar-refractivity contribution < 1.29 is 30.6 Å². The number of nitrogens with zero attached hydrogens (tertiary/aromatic N) is 2. The van der Waals surface area contributed by atoms with Crippen molar-refractivity contribution in [2.75, 3.05) is 11.5 Å². The molecule has 0 radical (unpaired) electrons. The van der Waals surface area contributed by atoms with Crippen LogP contribution < -0.4 is 11.5 Å². The number of nitrogen functional groups attached to an aromatic ring is 2. The lowest BCUT2D eigenvalue weighted by molar-refractivity contribution is 0.474. The molecule has 0 bridgehead atoms. The number of benzene rings is 6. The predicted molar refractivity (Wildman–Crippen MR) is 223 cm³/mol. The second-order valence-electron chi connectivity index (χ2n) is 11.8. The highest BCUT2D eigenvalue weighted by Gasteiger charge is 1.99. The first-order valence-electron chi connectivity index (χ1n) is 17.1. The Hall–Kier alpha value is -7.98. The van der Waals surface area contributed by atoms with Crippen LogP contribution in [0.3, 0.4) is 0 Å². The van der Waals surface area contributed by atoms with E-state index in [4.69, 9.17) is 42.1 Å². The number of phenols is 6. The minimum Gasteiger partial charge on any atom is -0.508 e. The summed E-state index contributed by atoms with van der Waals surface area (Å²) in [6, 6.07) is 52.6. The number of aromatic nitrogens is 2. The second-order valence-corrected chi connectivity index (χ2v) is 11.8. The fraction of sp³-hybridized carbons (Fsp3) is 0. The van der Waals surface area contributed by atoms with E-state index in [-0.39, 0.29) is 34.5 Å². The van der Waals surface area contributed by atoms with Gasteiger partial charge in [0, 0.05) is 12.4 Å². The van der Waals surface area contributed by atoms with Gasteiger partial charge < -0.3 is 42.1 Å². The molecule has 282 valence electrons. The van der Waals surface area contributed by atoms with E-state index in [0.29, 0.717) is 11.6 Å². The summed E-state index contributed by atoms with van der Waals surface area (Å²) in [7, 11) is 0. The maximum atomic E-state index is 9.11. The van der Waals surface area contributed by atoms with E-state index in [2.05, 4.69) is 9.97 Å². The number of aromatic hydroxyl groups is 6. The minimum absolute atomic E-state index is 0.257. The van der Waals surface area contributed by atoms with Crippen LogP contribution in [0.1, 0.15) is 0 Å². The predicted octanol–water partition coefficient (Wildman–Crippen LogP) is 9.62. The Kier molecular flexibility index (Phi) is 15.7. The largest absolute Gasteiger partial charge is 0.508 e. The monoisotopic (exact) mass is 746 g/mol. The summed E-state index contributed by atoms with van der Waals surface area (Å²) in [6.45, 7) is 0. The summed E-state index contributed by atoms with van der Waals surface area (Å²) in [6.07, 6.45) is 3.32. The number of pyridine rings is 2. The highest BCUT2D eigenvalue weighted by molar-refractivity contribution is 5.66. The Labute approximate surface area is 325 Å². The number of anilines is 2. The van der Waals surface area contributed by atoms with Crippen molar-refractivity contribution in [3.8, 4) is 67.9 Å². The molecule has 0 atom stereocenters. The van der Waals surface area contributed by atoms with Crippen molar-refractivity contribution in [1.29, 1.82) is 0 Å². The smallest absolute Gasteiger partial charge is 0.123 e. The van der Waals surface area contributed by atoms with Crippen LogP contribution in [0.25, 0.3) is 33.4 Å². The molecule has 10 N–H and O–H groups in total. The van der Waals surface area contributed by atoms with Gasteiger partial charge in [-0.1, -0.05) is 84.9 Å². The lowest BCUT2D eigenvalue weighted by atomic mass is 10.1. The highest BCUT2D eigenvalue weighted by Crippen LogP contribution is 2.25. The Bertz CT molecular complexity index is 1900. The van der Waals surface area contributed by atoms with Crippen LogP contribution >= 0.6 is 0 Å². The summed E-state index contributed by atoms with van der Waals surface area (Å²) in [5.74, 6) is 2.69. The van der Waals surface area contributed by atoms with Crippen molar-refractivity contribution in [1.82, 2.24) is 9.97 Å². The van der Waals surface area contributed by atoms with Crippen molar-refractivity contribution in [2.45, 2.75) is 0 Å². The van der Waals surface area contributed by atoms with Gasteiger partial charge in [0.15, 0.2) is 0 Å². The van der Waals surface area contributed by atoms with Crippen LogP contribution in [0, 0.1) is 0 Å². The Balaban J connectivity index is 0.000000160. The summed E-state index contributed by atoms with van der Waals surface area (Å²) in [5.41, 5.74) is 16.6. The average molecular weight is 747 g/mol. The molecule has 0 fully saturated rings. The Morgan fingerprint density at radius 3 is 0.536 bits per heavy atom. The number of nitrogens with two attached hydrogens (primary N) is 2. The van der Waals surface area contributed by atoms with Crippen LogP contribution in [-0.4, -0.2) is 40.6 Å². The lowest BCUT2D eigenvalue weighted by Crippen LogP contribution is -1.85. The summed E-state index contributed by atoms with van der Waals surface area (Å²) in [5, 5.41) is 54.6. The summed E-state index contributed by atoms with van der Waals surface area (Å²) >= 11 is 0. The van der Waals surface area contributed by atoms with Gasteiger partial charge in [0.05, 0.1) is 0 Å². The Morgan fingerprint density at radius 2 is 0.429 bits per heavy atom. The molecule has 0 saturated heterocycles. The maximum Gasteiger partial charge on any atom is 0.123 e. The molecule has 2 heterocycles. The molecule has 0 spiro atoms. The molecule has 0 amide bonds. The third-order valence-electron chi connectivity index (χ3n) is 7.58. The SMILES string of the molecule is Nc1ccccn1.Nc1ccccn1.Oc1ccc(-c2ccc(O)cc2)cc1.Oc1ccc(-c2ccc(O)cc2)cc1.Oc1ccc(-c2ccc(O)cc2)cc1. The van der Waals surface area contributed by atoms with Crippen LogP contribution in [0.15, 0.2) is 194 Å². The number of hydrogen-bond acceptors (Lipinski definition) is 10. The maximum absolute atomic E-state index is 9.11. The molecule has 0 aliphatic heterocycles. The van der Waals surface area contributed by atoms with Crippen molar-refractivity contribution in [3.63, 3.8) is 0 Å². The molecule has 10 heteroatoms. The van der Waals surface area contributed by atoms with Crippen LogP contribution in [0.2, 0.25) is 0 Å². The zero-order valence-corrected chi connectivity index (χ0v) is 30.2. The molecule has 10 nitrogen and oxygen atoms in total. The molecule has 8 aromatic rings. The van der Waals surface area contributed by atoms with Gasteiger partial charge in [-0.25, -0.2) is 9.97 Å². The third-order valence-corrected chi connectivity index (χ3v) is 7.58. The molecule has 0 unspecified atom stereocenters. The molecular weight excluding hydrogens is 705 g/mol. The first-order valence-corrected chi connectivity index (χ1v) is 17.1. The van der Waals surface area contributed by atoms with E-state index >= 15 is 0 Å². The third kappa shape index (κ3) is 14.6. The average Bonchev–Trinajstić information content (AvgIpc) is 3.22. The zero-order chi connectivity index (χ0) is 40.1. The molecule has 0 saturated carbocycles. The Morgan fingerprint density at radius 1 is 0.250 bits per heavy atom. The highest BCUT2D eigenvalue weighted by atomic mass is 16.3. The van der Waals surface area contributed by atoms with E-state index in [1.807, 2.05) is 97.1 Å². The number of phenolic OH excluding ortho intramolecular Hbond substituents is 6. The van der Waals surface area contributed by atoms with Gasteiger partial charge in [-0.2, -0.15) is 0 Å². The van der Waals surface area contributed by atoms with E-state index in [1.54, 1.807) is 97.3 Å². The van der Waals surface area contributed by atoms with Gasteiger partial charge in [0.25, 0.3) is 0 Å². The minimum atomic E-state index is 0.257. The fourth-order valence-electron chi connectivity index (χ4n) is 4.68. The fourth-order valence-corrected chi connectivity index (χ4v) is 4.68. The number of rotatable bonds is 3. The second kappa shape index (κ2) is 21.5.